The van der Waals surface area contributed by atoms with Crippen molar-refractivity contribution in [3.63, 3.8) is 0 Å². The van der Waals surface area contributed by atoms with Crippen LogP contribution in [0, 0.1) is 10.1 Å². The number of nitro benzene ring substituents is 1. The molecule has 1 amide bonds. The first-order valence-electron chi connectivity index (χ1n) is 6.00. The van der Waals surface area contributed by atoms with E-state index in [2.05, 4.69) is 5.32 Å². The number of hydrogen-bond acceptors (Lipinski definition) is 5. The number of non-ortho nitro benzene ring substituents is 1. The number of nitrogen functional groups attached to an aromatic ring is 1. The van der Waals surface area contributed by atoms with Crippen LogP contribution in [0.1, 0.15) is 10.4 Å². The van der Waals surface area contributed by atoms with Crippen LogP contribution in [0.2, 0.25) is 0 Å². The summed E-state index contributed by atoms with van der Waals surface area (Å²) in [4.78, 5) is 22.3. The highest BCUT2D eigenvalue weighted by molar-refractivity contribution is 6.08. The van der Waals surface area contributed by atoms with Crippen LogP contribution in [0.3, 0.4) is 0 Å². The number of carbonyl (C=O) groups excluding carboxylic acids is 1. The van der Waals surface area contributed by atoms with Crippen molar-refractivity contribution in [2.45, 2.75) is 0 Å². The largest absolute Gasteiger partial charge is 0.497 e. The maximum Gasteiger partial charge on any atom is 0.271 e. The average molecular weight is 287 g/mol. The molecule has 2 rings (SSSR count). The predicted molar refractivity (Wildman–Crippen MR) is 78.5 cm³/mol. The number of nitrogens with one attached hydrogen (secondary N) is 1. The number of nitro groups is 1. The Labute approximate surface area is 120 Å². The number of nitrogens with two attached hydrogens (primary N) is 1. The fourth-order valence-corrected chi connectivity index (χ4v) is 1.75. The smallest absolute Gasteiger partial charge is 0.271 e. The van der Waals surface area contributed by atoms with Gasteiger partial charge in [-0.15, -0.1) is 0 Å². The van der Waals surface area contributed by atoms with E-state index in [9.17, 15) is 14.9 Å². The molecule has 0 unspecified atom stereocenters. The lowest BCUT2D eigenvalue weighted by molar-refractivity contribution is -0.384. The van der Waals surface area contributed by atoms with E-state index in [-0.39, 0.29) is 11.3 Å². The summed E-state index contributed by atoms with van der Waals surface area (Å²) in [6, 6.07) is 10.4. The van der Waals surface area contributed by atoms with Crippen molar-refractivity contribution in [1.29, 1.82) is 0 Å². The Morgan fingerprint density at radius 1 is 1.29 bits per heavy atom. The summed E-state index contributed by atoms with van der Waals surface area (Å²) in [6.45, 7) is 0. The molecule has 0 spiro atoms. The molecule has 0 heterocycles. The van der Waals surface area contributed by atoms with E-state index in [1.807, 2.05) is 0 Å². The van der Waals surface area contributed by atoms with Crippen LogP contribution in [-0.2, 0) is 0 Å². The highest BCUT2D eigenvalue weighted by Gasteiger charge is 2.13. The number of hydrogen-bond donors (Lipinski definition) is 2. The second kappa shape index (κ2) is 5.91. The molecule has 0 fully saturated rings. The van der Waals surface area contributed by atoms with Gasteiger partial charge in [0.1, 0.15) is 5.75 Å². The first-order chi connectivity index (χ1) is 10.0. The quantitative estimate of drug-likeness (QED) is 0.510. The highest BCUT2D eigenvalue weighted by Crippen LogP contribution is 2.22. The molecule has 0 atom stereocenters. The molecule has 0 aliphatic heterocycles. The zero-order valence-corrected chi connectivity index (χ0v) is 11.2. The molecule has 108 valence electrons. The van der Waals surface area contributed by atoms with Gasteiger partial charge in [0.25, 0.3) is 11.6 Å². The Morgan fingerprint density at radius 3 is 2.71 bits per heavy atom. The van der Waals surface area contributed by atoms with Gasteiger partial charge >= 0.3 is 0 Å². The number of anilines is 2. The summed E-state index contributed by atoms with van der Waals surface area (Å²) in [7, 11) is 1.48. The Morgan fingerprint density at radius 2 is 2.05 bits per heavy atom. The Hall–Kier alpha value is -3.09. The van der Waals surface area contributed by atoms with E-state index < -0.39 is 10.8 Å². The first kappa shape index (κ1) is 14.3. The lowest BCUT2D eigenvalue weighted by Gasteiger charge is -2.09. The summed E-state index contributed by atoms with van der Waals surface area (Å²) >= 11 is 0. The Balaban J connectivity index is 2.25. The summed E-state index contributed by atoms with van der Waals surface area (Å²) in [5.41, 5.74) is 6.49. The third-order valence-electron chi connectivity index (χ3n) is 2.82. The summed E-state index contributed by atoms with van der Waals surface area (Å²) in [5.74, 6) is 0.0280. The maximum absolute atomic E-state index is 12.2. The van der Waals surface area contributed by atoms with E-state index in [1.54, 1.807) is 18.2 Å². The number of nitrogens with zero attached hydrogens (tertiary/aromatic N) is 1. The number of ether oxygens (including phenoxy) is 1. The molecule has 2 aromatic rings. The molecule has 0 aliphatic rings. The van der Waals surface area contributed by atoms with Crippen LogP contribution >= 0.6 is 0 Å². The van der Waals surface area contributed by atoms with E-state index in [4.69, 9.17) is 10.5 Å². The number of amides is 1. The molecule has 21 heavy (non-hydrogen) atoms. The van der Waals surface area contributed by atoms with Crippen molar-refractivity contribution >= 4 is 23.0 Å². The van der Waals surface area contributed by atoms with Crippen molar-refractivity contribution in [2.75, 3.05) is 18.2 Å². The van der Waals surface area contributed by atoms with Crippen molar-refractivity contribution in [1.82, 2.24) is 0 Å². The van der Waals surface area contributed by atoms with Crippen LogP contribution in [-0.4, -0.2) is 17.9 Å². The summed E-state index contributed by atoms with van der Waals surface area (Å²) in [5, 5.41) is 13.3. The monoisotopic (exact) mass is 287 g/mol. The topological polar surface area (TPSA) is 107 Å². The molecular formula is C14H13N3O4. The molecule has 0 aromatic heterocycles. The van der Waals surface area contributed by atoms with Gasteiger partial charge in [-0.2, -0.15) is 0 Å². The third-order valence-corrected chi connectivity index (χ3v) is 2.82. The van der Waals surface area contributed by atoms with Gasteiger partial charge in [0.15, 0.2) is 0 Å². The van der Waals surface area contributed by atoms with Gasteiger partial charge in [-0.25, -0.2) is 0 Å². The van der Waals surface area contributed by atoms with E-state index in [1.165, 1.54) is 31.4 Å². The predicted octanol–water partition coefficient (Wildman–Crippen LogP) is 2.44. The van der Waals surface area contributed by atoms with Crippen LogP contribution in [0.25, 0.3) is 0 Å². The molecule has 7 nitrogen and oxygen atoms in total. The van der Waals surface area contributed by atoms with Crippen LogP contribution < -0.4 is 15.8 Å². The van der Waals surface area contributed by atoms with Gasteiger partial charge in [0.05, 0.1) is 17.6 Å². The van der Waals surface area contributed by atoms with Gasteiger partial charge < -0.3 is 15.8 Å². The van der Waals surface area contributed by atoms with Crippen LogP contribution in [0.5, 0.6) is 5.75 Å². The third kappa shape index (κ3) is 3.27. The van der Waals surface area contributed by atoms with Gasteiger partial charge in [0, 0.05) is 23.5 Å². The average Bonchev–Trinajstić information content (AvgIpc) is 2.48. The zero-order chi connectivity index (χ0) is 15.4. The molecule has 2 aromatic carbocycles. The van der Waals surface area contributed by atoms with Crippen molar-refractivity contribution in [2.24, 2.45) is 0 Å². The fraction of sp³-hybridized carbons (Fsp3) is 0.0714. The van der Waals surface area contributed by atoms with Crippen LogP contribution in [0.4, 0.5) is 17.1 Å². The minimum absolute atomic E-state index is 0.105. The fourth-order valence-electron chi connectivity index (χ4n) is 1.75. The lowest BCUT2D eigenvalue weighted by Crippen LogP contribution is -2.14. The van der Waals surface area contributed by atoms with E-state index in [0.29, 0.717) is 17.1 Å². The number of methoxy groups -OCH3 is 1. The first-order valence-corrected chi connectivity index (χ1v) is 6.00. The maximum atomic E-state index is 12.2. The highest BCUT2D eigenvalue weighted by atomic mass is 16.6. The summed E-state index contributed by atoms with van der Waals surface area (Å²) in [6.07, 6.45) is 0. The van der Waals surface area contributed by atoms with Crippen molar-refractivity contribution in [3.8, 4) is 5.75 Å². The molecule has 3 N–H and O–H groups in total. The normalized spacial score (nSPS) is 9.95. The minimum atomic E-state index is -0.532. The molecule has 0 radical (unpaired) electrons. The second-order valence-corrected chi connectivity index (χ2v) is 4.21. The molecule has 0 aliphatic carbocycles. The zero-order valence-electron chi connectivity index (χ0n) is 11.2. The SMILES string of the molecule is COc1ccc(N)c(C(=O)Nc2cccc([N+](=O)[O-])c2)c1. The van der Waals surface area contributed by atoms with Crippen LogP contribution in [0.15, 0.2) is 42.5 Å². The molecular weight excluding hydrogens is 274 g/mol. The van der Waals surface area contributed by atoms with Crippen molar-refractivity contribution < 1.29 is 14.5 Å². The van der Waals surface area contributed by atoms with Gasteiger partial charge in [-0.1, -0.05) is 6.07 Å². The minimum Gasteiger partial charge on any atom is -0.497 e. The van der Waals surface area contributed by atoms with Gasteiger partial charge in [-0.05, 0) is 24.3 Å². The number of carbonyl (C=O) groups is 1. The second-order valence-electron chi connectivity index (χ2n) is 4.21. The Kier molecular flexibility index (Phi) is 4.03. The molecule has 0 saturated heterocycles. The number of benzene rings is 2. The standard InChI is InChI=1S/C14H13N3O4/c1-21-11-5-6-13(15)12(8-11)14(18)16-9-3-2-4-10(7-9)17(19)20/h2-8H,15H2,1H3,(H,16,18). The van der Waals surface area contributed by atoms with E-state index in [0.717, 1.165) is 0 Å². The molecule has 0 saturated carbocycles. The molecule has 7 heteroatoms. The molecule has 0 bridgehead atoms. The summed E-state index contributed by atoms with van der Waals surface area (Å²) < 4.78 is 5.04. The van der Waals surface area contributed by atoms with E-state index >= 15 is 0 Å². The van der Waals surface area contributed by atoms with Gasteiger partial charge in [0.2, 0.25) is 0 Å². The lowest BCUT2D eigenvalue weighted by atomic mass is 10.1. The number of rotatable bonds is 4. The van der Waals surface area contributed by atoms with Crippen molar-refractivity contribution in [3.05, 3.63) is 58.1 Å². The Bertz CT molecular complexity index is 700. The van der Waals surface area contributed by atoms with Gasteiger partial charge in [-0.3, -0.25) is 14.9 Å².